The summed E-state index contributed by atoms with van der Waals surface area (Å²) in [6.07, 6.45) is 4.12. The second-order valence-electron chi connectivity index (χ2n) is 7.43. The zero-order chi connectivity index (χ0) is 22.5. The number of hydrogen-bond acceptors (Lipinski definition) is 7. The molecule has 0 spiro atoms. The highest BCUT2D eigenvalue weighted by molar-refractivity contribution is 5.70. The van der Waals surface area contributed by atoms with Crippen LogP contribution in [0.25, 0.3) is 17.1 Å². The van der Waals surface area contributed by atoms with Crippen molar-refractivity contribution in [3.8, 4) is 17.2 Å². The summed E-state index contributed by atoms with van der Waals surface area (Å²) in [6, 6.07) is 9.35. The van der Waals surface area contributed by atoms with Gasteiger partial charge in [-0.3, -0.25) is 4.79 Å². The largest absolute Gasteiger partial charge is 0.497 e. The van der Waals surface area contributed by atoms with Crippen molar-refractivity contribution in [3.05, 3.63) is 64.0 Å². The van der Waals surface area contributed by atoms with Crippen molar-refractivity contribution in [2.24, 2.45) is 0 Å². The summed E-state index contributed by atoms with van der Waals surface area (Å²) in [4.78, 5) is 15.2. The quantitative estimate of drug-likeness (QED) is 0.494. The van der Waals surface area contributed by atoms with E-state index in [2.05, 4.69) is 25.6 Å². The molecule has 5 rings (SSSR count). The molecule has 168 valence electrons. The minimum atomic E-state index is -0.157. The van der Waals surface area contributed by atoms with E-state index >= 15 is 0 Å². The molecular weight excluding hydrogens is 408 g/mol. The Kier molecular flexibility index (Phi) is 6.65. The Labute approximate surface area is 185 Å². The van der Waals surface area contributed by atoms with E-state index in [0.717, 1.165) is 42.9 Å². The summed E-state index contributed by atoms with van der Waals surface area (Å²) in [5.74, 6) is 1.92. The molecule has 0 bridgehead atoms. The predicted octanol–water partition coefficient (Wildman–Crippen LogP) is 3.17. The van der Waals surface area contributed by atoms with Crippen LogP contribution in [-0.2, 0) is 6.42 Å². The molecule has 1 aliphatic rings. The van der Waals surface area contributed by atoms with Crippen LogP contribution in [0.4, 0.5) is 0 Å². The van der Waals surface area contributed by atoms with Crippen molar-refractivity contribution >= 4 is 5.65 Å². The maximum Gasteiger partial charge on any atom is 0.253 e. The molecule has 0 saturated carbocycles. The number of ether oxygens (including phenoxy) is 1. The Morgan fingerprint density at radius 2 is 1.91 bits per heavy atom. The molecule has 0 unspecified atom stereocenters. The smallest absolute Gasteiger partial charge is 0.253 e. The van der Waals surface area contributed by atoms with Gasteiger partial charge in [0.2, 0.25) is 5.89 Å². The number of aromatic amines is 1. The van der Waals surface area contributed by atoms with Gasteiger partial charge < -0.3 is 19.5 Å². The van der Waals surface area contributed by atoms with Crippen molar-refractivity contribution in [3.63, 3.8) is 0 Å². The number of rotatable bonds is 5. The van der Waals surface area contributed by atoms with E-state index in [0.29, 0.717) is 29.4 Å². The molecule has 32 heavy (non-hydrogen) atoms. The first-order valence-corrected chi connectivity index (χ1v) is 11.0. The van der Waals surface area contributed by atoms with Crippen molar-refractivity contribution in [2.75, 3.05) is 20.2 Å². The van der Waals surface area contributed by atoms with Crippen LogP contribution in [0, 0.1) is 0 Å². The maximum absolute atomic E-state index is 12.3. The van der Waals surface area contributed by atoms with E-state index in [1.165, 1.54) is 0 Å². The Hall–Kier alpha value is -3.46. The number of nitrogens with zero attached hydrogens (tertiary/aromatic N) is 4. The topological polar surface area (TPSA) is 110 Å². The van der Waals surface area contributed by atoms with Gasteiger partial charge in [-0.05, 0) is 43.6 Å². The molecule has 0 aliphatic carbocycles. The molecule has 4 heterocycles. The Morgan fingerprint density at radius 1 is 1.16 bits per heavy atom. The van der Waals surface area contributed by atoms with Gasteiger partial charge in [-0.25, -0.2) is 4.52 Å². The highest BCUT2D eigenvalue weighted by atomic mass is 16.5. The van der Waals surface area contributed by atoms with E-state index in [1.807, 2.05) is 38.1 Å². The molecule has 1 fully saturated rings. The first kappa shape index (κ1) is 21.8. The minimum absolute atomic E-state index is 0.157. The second kappa shape index (κ2) is 9.78. The number of aromatic nitrogens is 5. The molecule has 0 atom stereocenters. The van der Waals surface area contributed by atoms with Gasteiger partial charge in [0.05, 0.1) is 25.4 Å². The van der Waals surface area contributed by atoms with E-state index < -0.39 is 0 Å². The second-order valence-corrected chi connectivity index (χ2v) is 7.43. The third kappa shape index (κ3) is 4.43. The zero-order valence-corrected chi connectivity index (χ0v) is 18.6. The molecule has 0 radical (unpaired) electrons. The van der Waals surface area contributed by atoms with Crippen molar-refractivity contribution in [2.45, 2.75) is 39.0 Å². The Morgan fingerprint density at radius 3 is 2.62 bits per heavy atom. The summed E-state index contributed by atoms with van der Waals surface area (Å²) < 4.78 is 12.9. The van der Waals surface area contributed by atoms with Gasteiger partial charge in [-0.2, -0.15) is 5.10 Å². The molecule has 1 aliphatic heterocycles. The van der Waals surface area contributed by atoms with Crippen LogP contribution < -0.4 is 15.6 Å². The molecule has 2 N–H and O–H groups in total. The molecule has 9 nitrogen and oxygen atoms in total. The standard InChI is InChI=1S/C21H22N6O3.C2H6/c1-29-15-4-2-13(3-5-15)10-19-25-26-21(30-19)16-12-23-27-17(11-18(28)24-20(16)27)14-6-8-22-9-7-14;1-2/h2-5,11-12,14,22H,6-10H2,1H3,(H,24,28);1-2H3. The number of piperidine rings is 1. The lowest BCUT2D eigenvalue weighted by molar-refractivity contribution is 0.414. The lowest BCUT2D eigenvalue weighted by Crippen LogP contribution is -2.28. The Balaban J connectivity index is 0.00000119. The molecule has 4 aromatic rings. The lowest BCUT2D eigenvalue weighted by Gasteiger charge is -2.23. The van der Waals surface area contributed by atoms with Crippen LogP contribution in [0.3, 0.4) is 0 Å². The van der Waals surface area contributed by atoms with Gasteiger partial charge >= 0.3 is 0 Å². The lowest BCUT2D eigenvalue weighted by atomic mass is 9.94. The van der Waals surface area contributed by atoms with E-state index in [4.69, 9.17) is 9.15 Å². The van der Waals surface area contributed by atoms with E-state index in [9.17, 15) is 4.79 Å². The van der Waals surface area contributed by atoms with Crippen LogP contribution in [-0.4, -0.2) is 45.0 Å². The normalized spacial score (nSPS) is 14.2. The number of benzene rings is 1. The molecular formula is C23H28N6O3. The number of methoxy groups -OCH3 is 1. The van der Waals surface area contributed by atoms with Gasteiger partial charge in [0.25, 0.3) is 11.4 Å². The number of fused-ring (bicyclic) bond motifs is 1. The van der Waals surface area contributed by atoms with Gasteiger partial charge in [-0.15, -0.1) is 10.2 Å². The van der Waals surface area contributed by atoms with Gasteiger partial charge in [-0.1, -0.05) is 26.0 Å². The summed E-state index contributed by atoms with van der Waals surface area (Å²) in [6.45, 7) is 5.87. The van der Waals surface area contributed by atoms with Crippen LogP contribution in [0.1, 0.15) is 49.8 Å². The number of H-pyrrole nitrogens is 1. The van der Waals surface area contributed by atoms with Gasteiger partial charge in [0.15, 0.2) is 0 Å². The molecule has 1 saturated heterocycles. The SMILES string of the molecule is CC.COc1ccc(Cc2nnc(-c3cnn4c(C5CCNCC5)cc(=O)[nH]c34)o2)cc1. The summed E-state index contributed by atoms with van der Waals surface area (Å²) in [5, 5.41) is 16.2. The number of hydrogen-bond donors (Lipinski definition) is 2. The van der Waals surface area contributed by atoms with Crippen LogP contribution in [0.5, 0.6) is 5.75 Å². The Bertz CT molecular complexity index is 1220. The monoisotopic (exact) mass is 436 g/mol. The van der Waals surface area contributed by atoms with Crippen molar-refractivity contribution in [1.82, 2.24) is 30.1 Å². The van der Waals surface area contributed by atoms with Crippen LogP contribution >= 0.6 is 0 Å². The van der Waals surface area contributed by atoms with Gasteiger partial charge in [0.1, 0.15) is 17.0 Å². The van der Waals surface area contributed by atoms with Crippen LogP contribution in [0.15, 0.2) is 45.7 Å². The summed E-state index contributed by atoms with van der Waals surface area (Å²) in [5.41, 5.74) is 3.00. The van der Waals surface area contributed by atoms with Gasteiger partial charge in [0, 0.05) is 12.0 Å². The van der Waals surface area contributed by atoms with E-state index in [1.54, 1.807) is 23.9 Å². The fourth-order valence-electron chi connectivity index (χ4n) is 3.93. The average molecular weight is 437 g/mol. The summed E-state index contributed by atoms with van der Waals surface area (Å²) in [7, 11) is 1.64. The fraction of sp³-hybridized carbons (Fsp3) is 0.391. The van der Waals surface area contributed by atoms with E-state index in [-0.39, 0.29) is 11.5 Å². The first-order valence-electron chi connectivity index (χ1n) is 11.0. The highest BCUT2D eigenvalue weighted by Crippen LogP contribution is 2.28. The average Bonchev–Trinajstić information content (AvgIpc) is 3.47. The zero-order valence-electron chi connectivity index (χ0n) is 18.6. The van der Waals surface area contributed by atoms with Crippen molar-refractivity contribution in [1.29, 1.82) is 0 Å². The minimum Gasteiger partial charge on any atom is -0.497 e. The first-order chi connectivity index (χ1) is 15.7. The third-order valence-corrected chi connectivity index (χ3v) is 5.50. The molecule has 3 aromatic heterocycles. The predicted molar refractivity (Wildman–Crippen MR) is 121 cm³/mol. The highest BCUT2D eigenvalue weighted by Gasteiger charge is 2.22. The van der Waals surface area contributed by atoms with Crippen LogP contribution in [0.2, 0.25) is 0 Å². The fourth-order valence-corrected chi connectivity index (χ4v) is 3.93. The number of nitrogens with one attached hydrogen (secondary N) is 2. The summed E-state index contributed by atoms with van der Waals surface area (Å²) >= 11 is 0. The van der Waals surface area contributed by atoms with Crippen molar-refractivity contribution < 1.29 is 9.15 Å². The molecule has 0 amide bonds. The molecule has 1 aromatic carbocycles. The maximum atomic E-state index is 12.3. The third-order valence-electron chi connectivity index (χ3n) is 5.50. The molecule has 9 heteroatoms.